The Morgan fingerprint density at radius 1 is 1.27 bits per heavy atom. The number of aliphatic hydroxyl groups excluding tert-OH is 1. The summed E-state index contributed by atoms with van der Waals surface area (Å²) in [5.74, 6) is -0.287. The van der Waals surface area contributed by atoms with Crippen LogP contribution in [0, 0.1) is 17.1 Å². The van der Waals surface area contributed by atoms with E-state index in [1.807, 2.05) is 19.9 Å². The van der Waals surface area contributed by atoms with Gasteiger partial charge in [-0.2, -0.15) is 5.26 Å². The first-order valence-electron chi connectivity index (χ1n) is 8.14. The van der Waals surface area contributed by atoms with Crippen LogP contribution in [0.2, 0.25) is 0 Å². The van der Waals surface area contributed by atoms with Gasteiger partial charge in [-0.05, 0) is 37.1 Å². The fourth-order valence-electron chi connectivity index (χ4n) is 3.25. The van der Waals surface area contributed by atoms with E-state index < -0.39 is 27.0 Å². The molecule has 0 spiro atoms. The van der Waals surface area contributed by atoms with E-state index in [0.717, 1.165) is 12.1 Å². The number of hydrogen-bond donors (Lipinski definition) is 1. The summed E-state index contributed by atoms with van der Waals surface area (Å²) in [5, 5.41) is 18.5. The van der Waals surface area contributed by atoms with Gasteiger partial charge in [-0.1, -0.05) is 13.8 Å². The molecule has 0 fully saturated rings. The van der Waals surface area contributed by atoms with Gasteiger partial charge < -0.3 is 9.84 Å². The Balaban J connectivity index is 2.17. The fraction of sp³-hybridized carbons (Fsp3) is 0.316. The Morgan fingerprint density at radius 3 is 2.58 bits per heavy atom. The van der Waals surface area contributed by atoms with Crippen LogP contribution in [0.15, 0.2) is 35.2 Å². The average molecular weight is 375 g/mol. The third kappa shape index (κ3) is 2.85. The molecule has 0 radical (unpaired) electrons. The zero-order chi connectivity index (χ0) is 19.2. The van der Waals surface area contributed by atoms with Gasteiger partial charge in [-0.3, -0.25) is 0 Å². The van der Waals surface area contributed by atoms with Gasteiger partial charge in [0.15, 0.2) is 9.84 Å². The van der Waals surface area contributed by atoms with Gasteiger partial charge in [-0.15, -0.1) is 0 Å². The van der Waals surface area contributed by atoms with Crippen molar-refractivity contribution in [2.45, 2.75) is 42.9 Å². The molecule has 1 heterocycles. The van der Waals surface area contributed by atoms with E-state index in [1.165, 1.54) is 25.1 Å². The van der Waals surface area contributed by atoms with Gasteiger partial charge in [0.1, 0.15) is 17.3 Å². The van der Waals surface area contributed by atoms with Crippen molar-refractivity contribution < 1.29 is 22.7 Å². The standard InChI is InChI=1S/C19H18FNO4S/c1-10(2)17-15(25-14-7-12(9-21)6-13(20)8-14)4-5-16-18(17)19(22)11(3)26(16,23)24/h4-8,10-11,19,22H,1-3H3. The highest BCUT2D eigenvalue weighted by Crippen LogP contribution is 2.46. The van der Waals surface area contributed by atoms with Crippen LogP contribution in [-0.2, 0) is 9.84 Å². The third-order valence-corrected chi connectivity index (χ3v) is 6.75. The molecule has 26 heavy (non-hydrogen) atoms. The van der Waals surface area contributed by atoms with Crippen molar-refractivity contribution in [3.63, 3.8) is 0 Å². The summed E-state index contributed by atoms with van der Waals surface area (Å²) < 4.78 is 44.4. The Morgan fingerprint density at radius 2 is 1.96 bits per heavy atom. The van der Waals surface area contributed by atoms with Gasteiger partial charge >= 0.3 is 0 Å². The van der Waals surface area contributed by atoms with Crippen LogP contribution in [-0.4, -0.2) is 18.8 Å². The van der Waals surface area contributed by atoms with E-state index in [9.17, 15) is 17.9 Å². The normalized spacial score (nSPS) is 20.7. The van der Waals surface area contributed by atoms with E-state index in [-0.39, 0.29) is 22.1 Å². The van der Waals surface area contributed by atoms with Crippen LogP contribution >= 0.6 is 0 Å². The minimum atomic E-state index is -3.61. The molecule has 0 saturated heterocycles. The maximum atomic E-state index is 13.7. The quantitative estimate of drug-likeness (QED) is 0.881. The minimum absolute atomic E-state index is 0.102. The molecule has 0 aliphatic carbocycles. The van der Waals surface area contributed by atoms with Crippen molar-refractivity contribution in [2.75, 3.05) is 0 Å². The monoisotopic (exact) mass is 375 g/mol. The van der Waals surface area contributed by atoms with E-state index in [2.05, 4.69) is 0 Å². The number of hydrogen-bond acceptors (Lipinski definition) is 5. The Hall–Kier alpha value is -2.43. The van der Waals surface area contributed by atoms with E-state index >= 15 is 0 Å². The summed E-state index contributed by atoms with van der Waals surface area (Å²) in [4.78, 5) is 0.102. The largest absolute Gasteiger partial charge is 0.457 e. The second-order valence-corrected chi connectivity index (χ2v) is 8.90. The van der Waals surface area contributed by atoms with Crippen molar-refractivity contribution >= 4 is 9.84 Å². The highest BCUT2D eigenvalue weighted by molar-refractivity contribution is 7.92. The molecule has 136 valence electrons. The lowest BCUT2D eigenvalue weighted by atomic mass is 9.92. The molecule has 1 aliphatic rings. The molecule has 0 amide bonds. The van der Waals surface area contributed by atoms with E-state index in [1.54, 1.807) is 0 Å². The molecule has 0 aromatic heterocycles. The molecule has 0 bridgehead atoms. The van der Waals surface area contributed by atoms with Crippen molar-refractivity contribution in [3.05, 3.63) is 52.8 Å². The van der Waals surface area contributed by atoms with Crippen molar-refractivity contribution in [3.8, 4) is 17.6 Å². The number of benzene rings is 2. The SMILES string of the molecule is CC(C)c1c(Oc2cc(F)cc(C#N)c2)ccc2c1C(O)C(C)S2(=O)=O. The van der Waals surface area contributed by atoms with Crippen LogP contribution in [0.4, 0.5) is 4.39 Å². The third-order valence-electron chi connectivity index (χ3n) is 4.55. The van der Waals surface area contributed by atoms with Crippen molar-refractivity contribution in [1.29, 1.82) is 5.26 Å². The van der Waals surface area contributed by atoms with Crippen LogP contribution in [0.25, 0.3) is 0 Å². The lowest BCUT2D eigenvalue weighted by molar-refractivity contribution is 0.177. The van der Waals surface area contributed by atoms with Crippen molar-refractivity contribution in [2.24, 2.45) is 0 Å². The first-order chi connectivity index (χ1) is 12.2. The number of ether oxygens (including phenoxy) is 1. The second-order valence-electron chi connectivity index (χ2n) is 6.63. The fourth-order valence-corrected chi connectivity index (χ4v) is 4.92. The van der Waals surface area contributed by atoms with Crippen LogP contribution in [0.3, 0.4) is 0 Å². The summed E-state index contributed by atoms with van der Waals surface area (Å²) in [5.41, 5.74) is 1.01. The minimum Gasteiger partial charge on any atom is -0.457 e. The summed E-state index contributed by atoms with van der Waals surface area (Å²) in [6.45, 7) is 5.19. The number of aliphatic hydroxyl groups is 1. The molecule has 0 saturated carbocycles. The molecule has 5 nitrogen and oxygen atoms in total. The van der Waals surface area contributed by atoms with Gasteiger partial charge in [-0.25, -0.2) is 12.8 Å². The van der Waals surface area contributed by atoms with Gasteiger partial charge in [0.25, 0.3) is 0 Å². The van der Waals surface area contributed by atoms with Crippen LogP contribution < -0.4 is 4.74 Å². The van der Waals surface area contributed by atoms with Gasteiger partial charge in [0.05, 0.1) is 27.9 Å². The highest BCUT2D eigenvalue weighted by atomic mass is 32.2. The maximum Gasteiger partial charge on any atom is 0.184 e. The molecule has 1 aliphatic heterocycles. The summed E-state index contributed by atoms with van der Waals surface area (Å²) >= 11 is 0. The van der Waals surface area contributed by atoms with E-state index in [0.29, 0.717) is 16.9 Å². The lowest BCUT2D eigenvalue weighted by Gasteiger charge is -2.19. The molecule has 2 aromatic rings. The van der Waals surface area contributed by atoms with Crippen LogP contribution in [0.1, 0.15) is 49.5 Å². The molecule has 2 unspecified atom stereocenters. The Labute approximate surface area is 151 Å². The zero-order valence-electron chi connectivity index (χ0n) is 14.5. The number of halogens is 1. The Kier molecular flexibility index (Phi) is 4.51. The molecule has 2 atom stereocenters. The number of fused-ring (bicyclic) bond motifs is 1. The smallest absolute Gasteiger partial charge is 0.184 e. The maximum absolute atomic E-state index is 13.7. The summed E-state index contributed by atoms with van der Waals surface area (Å²) in [6, 6.07) is 8.41. The lowest BCUT2D eigenvalue weighted by Crippen LogP contribution is -2.16. The van der Waals surface area contributed by atoms with Gasteiger partial charge in [0.2, 0.25) is 0 Å². The molecule has 1 N–H and O–H groups in total. The number of rotatable bonds is 3. The number of nitriles is 1. The highest BCUT2D eigenvalue weighted by Gasteiger charge is 2.43. The molecule has 2 aromatic carbocycles. The molecular weight excluding hydrogens is 357 g/mol. The number of nitrogens with zero attached hydrogens (tertiary/aromatic N) is 1. The zero-order valence-corrected chi connectivity index (χ0v) is 15.3. The first kappa shape index (κ1) is 18.4. The van der Waals surface area contributed by atoms with Gasteiger partial charge in [0, 0.05) is 17.2 Å². The predicted molar refractivity (Wildman–Crippen MR) is 93.3 cm³/mol. The predicted octanol–water partition coefficient (Wildman–Crippen LogP) is 3.82. The summed E-state index contributed by atoms with van der Waals surface area (Å²) in [6.07, 6.45) is -1.15. The van der Waals surface area contributed by atoms with E-state index in [4.69, 9.17) is 10.00 Å². The Bertz CT molecular complexity index is 1020. The molecule has 3 rings (SSSR count). The first-order valence-corrected chi connectivity index (χ1v) is 9.68. The number of sulfone groups is 1. The molecular formula is C19H18FNO4S. The topological polar surface area (TPSA) is 87.4 Å². The average Bonchev–Trinajstić information content (AvgIpc) is 2.74. The second kappa shape index (κ2) is 6.38. The van der Waals surface area contributed by atoms with Crippen molar-refractivity contribution in [1.82, 2.24) is 0 Å². The molecule has 7 heteroatoms. The summed E-state index contributed by atoms with van der Waals surface area (Å²) in [7, 11) is -3.61. The van der Waals surface area contributed by atoms with Crippen LogP contribution in [0.5, 0.6) is 11.5 Å².